The van der Waals surface area contributed by atoms with Crippen LogP contribution in [0.1, 0.15) is 16.7 Å². The predicted molar refractivity (Wildman–Crippen MR) is 117 cm³/mol. The summed E-state index contributed by atoms with van der Waals surface area (Å²) in [5, 5.41) is 0. The Morgan fingerprint density at radius 2 is 1.11 bits per heavy atom. The summed E-state index contributed by atoms with van der Waals surface area (Å²) < 4.78 is 18.2. The molecule has 3 aromatic rings. The quantitative estimate of drug-likeness (QED) is 0.247. The molecule has 0 heterocycles. The van der Waals surface area contributed by atoms with Crippen molar-refractivity contribution < 1.29 is 14.2 Å². The van der Waals surface area contributed by atoms with Crippen LogP contribution in [0.15, 0.2) is 78.9 Å². The highest BCUT2D eigenvalue weighted by Crippen LogP contribution is 2.41. The first-order valence-corrected chi connectivity index (χ1v) is 10.3. The molecule has 0 N–H and O–H groups in total. The summed E-state index contributed by atoms with van der Waals surface area (Å²) in [4.78, 5) is 0. The normalized spacial score (nSPS) is 11.2. The van der Waals surface area contributed by atoms with Gasteiger partial charge in [-0.15, -0.1) is 0 Å². The summed E-state index contributed by atoms with van der Waals surface area (Å²) >= 11 is 2.34. The molecule has 0 saturated carbocycles. The Balaban J connectivity index is 2.22. The van der Waals surface area contributed by atoms with Crippen molar-refractivity contribution in [1.82, 2.24) is 0 Å². The van der Waals surface area contributed by atoms with Crippen LogP contribution >= 0.6 is 22.6 Å². The molecule has 0 amide bonds. The van der Waals surface area contributed by atoms with E-state index in [1.807, 2.05) is 42.5 Å². The molecular formula is C23H23IO3. The molecule has 4 heteroatoms. The van der Waals surface area contributed by atoms with E-state index in [-0.39, 0.29) is 0 Å². The Morgan fingerprint density at radius 1 is 0.667 bits per heavy atom. The number of hydrogen-bond acceptors (Lipinski definition) is 3. The summed E-state index contributed by atoms with van der Waals surface area (Å²) in [6.07, 6.45) is 0. The third kappa shape index (κ3) is 4.12. The molecule has 0 atom stereocenters. The van der Waals surface area contributed by atoms with Gasteiger partial charge in [-0.2, -0.15) is 0 Å². The molecule has 0 radical (unpaired) electrons. The number of alkyl halides is 1. The zero-order valence-electron chi connectivity index (χ0n) is 15.5. The van der Waals surface area contributed by atoms with Gasteiger partial charge in [-0.05, 0) is 41.0 Å². The highest BCUT2D eigenvalue weighted by atomic mass is 127. The number of halogens is 1. The number of rotatable bonds is 8. The van der Waals surface area contributed by atoms with Crippen molar-refractivity contribution >= 4 is 22.6 Å². The Labute approximate surface area is 174 Å². The lowest BCUT2D eigenvalue weighted by Gasteiger charge is -2.36. The van der Waals surface area contributed by atoms with Crippen LogP contribution in [0.2, 0.25) is 0 Å². The summed E-state index contributed by atoms with van der Waals surface area (Å²) in [5.74, 6) is 1.65. The maximum absolute atomic E-state index is 6.59. The van der Waals surface area contributed by atoms with E-state index in [1.165, 1.54) is 0 Å². The molecule has 3 aromatic carbocycles. The van der Waals surface area contributed by atoms with E-state index >= 15 is 0 Å². The average molecular weight is 474 g/mol. The van der Waals surface area contributed by atoms with Crippen molar-refractivity contribution in [3.63, 3.8) is 0 Å². The topological polar surface area (TPSA) is 27.7 Å². The van der Waals surface area contributed by atoms with Gasteiger partial charge < -0.3 is 14.2 Å². The van der Waals surface area contributed by atoms with Crippen LogP contribution in [0, 0.1) is 0 Å². The second-order valence-electron chi connectivity index (χ2n) is 6.04. The summed E-state index contributed by atoms with van der Waals surface area (Å²) in [5.41, 5.74) is 2.50. The van der Waals surface area contributed by atoms with Gasteiger partial charge in [-0.1, -0.05) is 77.2 Å². The fourth-order valence-electron chi connectivity index (χ4n) is 3.27. The highest BCUT2D eigenvalue weighted by Gasteiger charge is 2.37. The molecular weight excluding hydrogens is 451 g/mol. The largest absolute Gasteiger partial charge is 0.497 e. The first-order chi connectivity index (χ1) is 13.2. The second-order valence-corrected chi connectivity index (χ2v) is 7.12. The molecule has 0 saturated heterocycles. The molecule has 140 valence electrons. The average Bonchev–Trinajstić information content (AvgIpc) is 2.76. The second kappa shape index (κ2) is 9.24. The summed E-state index contributed by atoms with van der Waals surface area (Å²) in [6.45, 7) is 0.632. The third-order valence-electron chi connectivity index (χ3n) is 4.57. The Kier molecular flexibility index (Phi) is 6.74. The number of benzene rings is 3. The minimum atomic E-state index is -0.703. The van der Waals surface area contributed by atoms with E-state index < -0.39 is 5.60 Å². The van der Waals surface area contributed by atoms with Crippen molar-refractivity contribution in [3.8, 4) is 11.5 Å². The molecule has 0 spiro atoms. The molecule has 0 aromatic heterocycles. The minimum Gasteiger partial charge on any atom is -0.497 e. The van der Waals surface area contributed by atoms with Gasteiger partial charge in [0.15, 0.2) is 0 Å². The minimum absolute atomic E-state index is 0.632. The lowest BCUT2D eigenvalue weighted by molar-refractivity contribution is 0.0243. The van der Waals surface area contributed by atoms with E-state index in [0.29, 0.717) is 6.61 Å². The van der Waals surface area contributed by atoms with Crippen LogP contribution < -0.4 is 9.47 Å². The van der Waals surface area contributed by atoms with Crippen LogP contribution in [0.4, 0.5) is 0 Å². The van der Waals surface area contributed by atoms with Crippen LogP contribution in [0.25, 0.3) is 0 Å². The molecule has 27 heavy (non-hydrogen) atoms. The standard InChI is InChI=1S/C23H23IO3/c1-25-21-12-8-19(9-13-21)23(27-17-16-24,18-6-4-3-5-7-18)20-10-14-22(26-2)15-11-20/h3-15H,16-17H2,1-2H3. The number of ether oxygens (including phenoxy) is 3. The van der Waals surface area contributed by atoms with Crippen LogP contribution in [0.3, 0.4) is 0 Å². The summed E-state index contributed by atoms with van der Waals surface area (Å²) in [7, 11) is 3.35. The van der Waals surface area contributed by atoms with Gasteiger partial charge in [0, 0.05) is 4.43 Å². The van der Waals surface area contributed by atoms with Gasteiger partial charge in [-0.25, -0.2) is 0 Å². The van der Waals surface area contributed by atoms with Crippen molar-refractivity contribution in [2.24, 2.45) is 0 Å². The van der Waals surface area contributed by atoms with Crippen LogP contribution in [-0.2, 0) is 10.3 Å². The van der Waals surface area contributed by atoms with E-state index in [9.17, 15) is 0 Å². The Hall–Kier alpha value is -2.05. The summed E-state index contributed by atoms with van der Waals surface area (Å²) in [6, 6.07) is 26.5. The smallest absolute Gasteiger partial charge is 0.143 e. The fourth-order valence-corrected chi connectivity index (χ4v) is 3.49. The molecule has 0 aliphatic rings. The van der Waals surface area contributed by atoms with Crippen molar-refractivity contribution in [1.29, 1.82) is 0 Å². The van der Waals surface area contributed by atoms with E-state index in [0.717, 1.165) is 32.6 Å². The fraction of sp³-hybridized carbons (Fsp3) is 0.217. The van der Waals surface area contributed by atoms with Gasteiger partial charge in [-0.3, -0.25) is 0 Å². The van der Waals surface area contributed by atoms with Crippen LogP contribution in [-0.4, -0.2) is 25.3 Å². The zero-order valence-corrected chi connectivity index (χ0v) is 17.7. The van der Waals surface area contributed by atoms with Gasteiger partial charge >= 0.3 is 0 Å². The maximum atomic E-state index is 6.59. The van der Waals surface area contributed by atoms with E-state index in [2.05, 4.69) is 59.0 Å². The van der Waals surface area contributed by atoms with Crippen molar-refractivity contribution in [2.45, 2.75) is 5.60 Å². The SMILES string of the molecule is COc1ccc(C(OCCI)(c2ccccc2)c2ccc(OC)cc2)cc1. The van der Waals surface area contributed by atoms with Gasteiger partial charge in [0.1, 0.15) is 17.1 Å². The predicted octanol–water partition coefficient (Wildman–Crippen LogP) is 5.45. The zero-order chi connectivity index (χ0) is 19.1. The van der Waals surface area contributed by atoms with Crippen molar-refractivity contribution in [3.05, 3.63) is 95.6 Å². The Bertz CT molecular complexity index is 782. The molecule has 0 aliphatic carbocycles. The molecule has 0 aliphatic heterocycles. The molecule has 3 nitrogen and oxygen atoms in total. The first-order valence-electron chi connectivity index (χ1n) is 8.79. The van der Waals surface area contributed by atoms with Crippen LogP contribution in [0.5, 0.6) is 11.5 Å². The molecule has 0 bridgehead atoms. The maximum Gasteiger partial charge on any atom is 0.143 e. The number of methoxy groups -OCH3 is 2. The Morgan fingerprint density at radius 3 is 1.52 bits per heavy atom. The lowest BCUT2D eigenvalue weighted by Crippen LogP contribution is -2.33. The van der Waals surface area contributed by atoms with Gasteiger partial charge in [0.25, 0.3) is 0 Å². The van der Waals surface area contributed by atoms with Crippen molar-refractivity contribution in [2.75, 3.05) is 25.3 Å². The number of hydrogen-bond donors (Lipinski definition) is 0. The van der Waals surface area contributed by atoms with Gasteiger partial charge in [0.2, 0.25) is 0 Å². The molecule has 0 unspecified atom stereocenters. The van der Waals surface area contributed by atoms with Gasteiger partial charge in [0.05, 0.1) is 20.8 Å². The third-order valence-corrected chi connectivity index (χ3v) is 5.01. The van der Waals surface area contributed by atoms with E-state index in [4.69, 9.17) is 14.2 Å². The first kappa shape index (κ1) is 19.7. The monoisotopic (exact) mass is 474 g/mol. The van der Waals surface area contributed by atoms with E-state index in [1.54, 1.807) is 14.2 Å². The molecule has 0 fully saturated rings. The lowest BCUT2D eigenvalue weighted by atomic mass is 9.80. The highest BCUT2D eigenvalue weighted by molar-refractivity contribution is 14.1. The molecule has 3 rings (SSSR count).